The van der Waals surface area contributed by atoms with E-state index in [4.69, 9.17) is 0 Å². The molecule has 1 fully saturated rings. The maximum absolute atomic E-state index is 12.0. The summed E-state index contributed by atoms with van der Waals surface area (Å²) in [6.45, 7) is 0.578. The molecule has 2 atom stereocenters. The van der Waals surface area contributed by atoms with Crippen molar-refractivity contribution in [3.8, 4) is 11.5 Å². The molecule has 1 aromatic rings. The number of phenols is 2. The standard InChI is InChI=1S/C14H18BrNO3/c15-10-4-1-3-9(7-10)8-16-14(19)13-11(17)5-2-6-12(13)18/h2,5-6,9-10,17-18H,1,3-4,7-8H2,(H,16,19). The number of aromatic hydroxyl groups is 2. The van der Waals surface area contributed by atoms with Crippen LogP contribution in [-0.2, 0) is 0 Å². The fourth-order valence-corrected chi connectivity index (χ4v) is 3.35. The van der Waals surface area contributed by atoms with Crippen LogP contribution >= 0.6 is 15.9 Å². The summed E-state index contributed by atoms with van der Waals surface area (Å²) >= 11 is 3.61. The molecule has 19 heavy (non-hydrogen) atoms. The summed E-state index contributed by atoms with van der Waals surface area (Å²) in [5.41, 5.74) is -0.0475. The molecule has 0 heterocycles. The van der Waals surface area contributed by atoms with Crippen molar-refractivity contribution in [1.82, 2.24) is 5.32 Å². The van der Waals surface area contributed by atoms with Crippen LogP contribution in [0.4, 0.5) is 0 Å². The first-order valence-corrected chi connectivity index (χ1v) is 7.42. The number of benzene rings is 1. The second kappa shape index (κ2) is 6.28. The Balaban J connectivity index is 1.94. The molecule has 0 aliphatic heterocycles. The van der Waals surface area contributed by atoms with E-state index < -0.39 is 5.91 Å². The Morgan fingerprint density at radius 3 is 2.63 bits per heavy atom. The molecule has 1 aromatic carbocycles. The van der Waals surface area contributed by atoms with Gasteiger partial charge in [-0.05, 0) is 37.3 Å². The van der Waals surface area contributed by atoms with Crippen LogP contribution in [0.15, 0.2) is 18.2 Å². The number of carbonyl (C=O) groups excluding carboxylic acids is 1. The number of rotatable bonds is 3. The molecule has 1 aliphatic carbocycles. The van der Waals surface area contributed by atoms with Crippen molar-refractivity contribution < 1.29 is 15.0 Å². The van der Waals surface area contributed by atoms with E-state index in [0.717, 1.165) is 19.3 Å². The number of phenolic OH excluding ortho intramolecular Hbond substituents is 2. The Labute approximate surface area is 121 Å². The van der Waals surface area contributed by atoms with Crippen molar-refractivity contribution in [1.29, 1.82) is 0 Å². The number of hydrogen-bond acceptors (Lipinski definition) is 3. The molecule has 2 rings (SSSR count). The highest BCUT2D eigenvalue weighted by Gasteiger charge is 2.22. The molecule has 1 saturated carbocycles. The van der Waals surface area contributed by atoms with Crippen LogP contribution in [0, 0.1) is 5.92 Å². The van der Waals surface area contributed by atoms with Gasteiger partial charge in [0.25, 0.3) is 5.91 Å². The van der Waals surface area contributed by atoms with Crippen molar-refractivity contribution >= 4 is 21.8 Å². The van der Waals surface area contributed by atoms with E-state index in [0.29, 0.717) is 17.3 Å². The fraction of sp³-hybridized carbons (Fsp3) is 0.500. The molecule has 0 radical (unpaired) electrons. The van der Waals surface area contributed by atoms with Crippen LogP contribution < -0.4 is 5.32 Å². The molecular weight excluding hydrogens is 310 g/mol. The summed E-state index contributed by atoms with van der Waals surface area (Å²) in [5, 5.41) is 22.0. The average molecular weight is 328 g/mol. The highest BCUT2D eigenvalue weighted by molar-refractivity contribution is 9.09. The molecule has 0 spiro atoms. The third-order valence-electron chi connectivity index (χ3n) is 3.52. The molecule has 3 N–H and O–H groups in total. The van der Waals surface area contributed by atoms with Crippen LogP contribution in [0.25, 0.3) is 0 Å². The zero-order valence-corrected chi connectivity index (χ0v) is 12.2. The van der Waals surface area contributed by atoms with Gasteiger partial charge in [0, 0.05) is 11.4 Å². The summed E-state index contributed by atoms with van der Waals surface area (Å²) in [6.07, 6.45) is 4.51. The van der Waals surface area contributed by atoms with E-state index in [1.165, 1.54) is 24.6 Å². The van der Waals surface area contributed by atoms with Gasteiger partial charge in [-0.15, -0.1) is 0 Å². The highest BCUT2D eigenvalue weighted by Crippen LogP contribution is 2.29. The van der Waals surface area contributed by atoms with Gasteiger partial charge in [-0.3, -0.25) is 4.79 Å². The van der Waals surface area contributed by atoms with Crippen molar-refractivity contribution in [3.05, 3.63) is 23.8 Å². The number of carbonyl (C=O) groups is 1. The van der Waals surface area contributed by atoms with Gasteiger partial charge < -0.3 is 15.5 Å². The number of halogens is 1. The largest absolute Gasteiger partial charge is 0.507 e. The summed E-state index contributed by atoms with van der Waals surface area (Å²) in [5.74, 6) is -0.360. The summed E-state index contributed by atoms with van der Waals surface area (Å²) in [7, 11) is 0. The molecule has 104 valence electrons. The maximum atomic E-state index is 12.0. The van der Waals surface area contributed by atoms with Crippen molar-refractivity contribution in [2.75, 3.05) is 6.54 Å². The van der Waals surface area contributed by atoms with E-state index in [-0.39, 0.29) is 17.1 Å². The van der Waals surface area contributed by atoms with Gasteiger partial charge in [0.2, 0.25) is 0 Å². The average Bonchev–Trinajstić information content (AvgIpc) is 2.36. The predicted octanol–water partition coefficient (Wildman–Crippen LogP) is 2.78. The fourth-order valence-electron chi connectivity index (χ4n) is 2.50. The molecular formula is C14H18BrNO3. The zero-order chi connectivity index (χ0) is 13.8. The lowest BCUT2D eigenvalue weighted by molar-refractivity contribution is 0.0938. The minimum absolute atomic E-state index is 0.0475. The monoisotopic (exact) mass is 327 g/mol. The highest BCUT2D eigenvalue weighted by atomic mass is 79.9. The Bertz CT molecular complexity index is 444. The molecule has 1 aliphatic rings. The van der Waals surface area contributed by atoms with Crippen molar-refractivity contribution in [3.63, 3.8) is 0 Å². The maximum Gasteiger partial charge on any atom is 0.258 e. The lowest BCUT2D eigenvalue weighted by Gasteiger charge is -2.25. The van der Waals surface area contributed by atoms with Crippen molar-refractivity contribution in [2.24, 2.45) is 5.92 Å². The first-order valence-electron chi connectivity index (χ1n) is 6.51. The SMILES string of the molecule is O=C(NCC1CCCC(Br)C1)c1c(O)cccc1O. The smallest absolute Gasteiger partial charge is 0.258 e. The summed E-state index contributed by atoms with van der Waals surface area (Å²) in [4.78, 5) is 12.5. The number of amides is 1. The Morgan fingerprint density at radius 1 is 1.32 bits per heavy atom. The zero-order valence-electron chi connectivity index (χ0n) is 10.6. The van der Waals surface area contributed by atoms with Gasteiger partial charge in [0.15, 0.2) is 0 Å². The molecule has 1 amide bonds. The van der Waals surface area contributed by atoms with Crippen LogP contribution in [0.5, 0.6) is 11.5 Å². The third-order valence-corrected chi connectivity index (χ3v) is 4.35. The molecule has 2 unspecified atom stereocenters. The van der Waals surface area contributed by atoms with E-state index in [9.17, 15) is 15.0 Å². The van der Waals surface area contributed by atoms with Gasteiger partial charge in [0.1, 0.15) is 17.1 Å². The van der Waals surface area contributed by atoms with Crippen LogP contribution in [0.3, 0.4) is 0 Å². The third kappa shape index (κ3) is 3.62. The van der Waals surface area contributed by atoms with Gasteiger partial charge in [-0.2, -0.15) is 0 Å². The number of nitrogens with one attached hydrogen (secondary N) is 1. The predicted molar refractivity (Wildman–Crippen MR) is 76.8 cm³/mol. The van der Waals surface area contributed by atoms with E-state index in [2.05, 4.69) is 21.2 Å². The quantitative estimate of drug-likeness (QED) is 0.747. The van der Waals surface area contributed by atoms with E-state index in [1.807, 2.05) is 0 Å². The lowest BCUT2D eigenvalue weighted by atomic mass is 9.89. The topological polar surface area (TPSA) is 69.6 Å². The van der Waals surface area contributed by atoms with Gasteiger partial charge >= 0.3 is 0 Å². The van der Waals surface area contributed by atoms with Crippen LogP contribution in [0.2, 0.25) is 0 Å². The van der Waals surface area contributed by atoms with Crippen LogP contribution in [-0.4, -0.2) is 27.5 Å². The molecule has 4 nitrogen and oxygen atoms in total. The van der Waals surface area contributed by atoms with Crippen molar-refractivity contribution in [2.45, 2.75) is 30.5 Å². The van der Waals surface area contributed by atoms with E-state index in [1.54, 1.807) is 0 Å². The second-order valence-corrected chi connectivity index (χ2v) is 6.31. The second-order valence-electron chi connectivity index (χ2n) is 5.01. The van der Waals surface area contributed by atoms with E-state index >= 15 is 0 Å². The van der Waals surface area contributed by atoms with Gasteiger partial charge in [-0.25, -0.2) is 0 Å². The molecule has 5 heteroatoms. The Morgan fingerprint density at radius 2 is 2.00 bits per heavy atom. The summed E-state index contributed by atoms with van der Waals surface area (Å²) in [6, 6.07) is 4.28. The first kappa shape index (κ1) is 14.2. The number of hydrogen-bond donors (Lipinski definition) is 3. The normalized spacial score (nSPS) is 23.0. The minimum atomic E-state index is -0.424. The number of alkyl halides is 1. The lowest BCUT2D eigenvalue weighted by Crippen LogP contribution is -2.32. The Hall–Kier alpha value is -1.23. The van der Waals surface area contributed by atoms with Gasteiger partial charge in [0.05, 0.1) is 0 Å². The Kier molecular flexibility index (Phi) is 4.69. The van der Waals surface area contributed by atoms with Gasteiger partial charge in [-0.1, -0.05) is 28.4 Å². The molecule has 0 aromatic heterocycles. The van der Waals surface area contributed by atoms with Crippen LogP contribution in [0.1, 0.15) is 36.0 Å². The first-order chi connectivity index (χ1) is 9.08. The molecule has 0 bridgehead atoms. The molecule has 0 saturated heterocycles. The minimum Gasteiger partial charge on any atom is -0.507 e. The summed E-state index contributed by atoms with van der Waals surface area (Å²) < 4.78 is 0.